The molecule has 0 fully saturated rings. The number of anilines is 1. The zero-order chi connectivity index (χ0) is 9.42. The number of nitrogens with two attached hydrogens (primary N) is 1. The van der Waals surface area contributed by atoms with Crippen molar-refractivity contribution in [3.8, 4) is 0 Å². The number of fused-ring (bicyclic) bond motifs is 1. The molecule has 0 aliphatic heterocycles. The molecule has 2 N–H and O–H groups in total. The molecule has 68 valence electrons. The van der Waals surface area contributed by atoms with Gasteiger partial charge < -0.3 is 5.73 Å². The summed E-state index contributed by atoms with van der Waals surface area (Å²) >= 11 is 7.55. The van der Waals surface area contributed by atoms with Crippen LogP contribution in [0.4, 0.5) is 5.69 Å². The summed E-state index contributed by atoms with van der Waals surface area (Å²) in [6.07, 6.45) is 0. The molecule has 4 heteroatoms. The van der Waals surface area contributed by atoms with Gasteiger partial charge >= 0.3 is 0 Å². The quantitative estimate of drug-likeness (QED) is 0.460. The molecule has 0 atom stereocenters. The van der Waals surface area contributed by atoms with Crippen LogP contribution in [0, 0.1) is 3.57 Å². The molecular weight excluding hydrogens is 361 g/mol. The Morgan fingerprint density at radius 3 is 2.92 bits per heavy atom. The number of hydrogen-bond acceptors (Lipinski definition) is 2. The molecule has 0 spiro atoms. The van der Waals surface area contributed by atoms with Gasteiger partial charge in [0, 0.05) is 25.4 Å². The Morgan fingerprint density at radius 1 is 1.46 bits per heavy atom. The Kier molecular flexibility index (Phi) is 2.80. The third-order valence-corrected chi connectivity index (χ3v) is 4.84. The van der Waals surface area contributed by atoms with Crippen molar-refractivity contribution in [3.63, 3.8) is 0 Å². The van der Waals surface area contributed by atoms with Crippen LogP contribution in [0.15, 0.2) is 17.5 Å². The van der Waals surface area contributed by atoms with Crippen molar-refractivity contribution in [1.29, 1.82) is 0 Å². The van der Waals surface area contributed by atoms with Crippen molar-refractivity contribution in [3.05, 3.63) is 26.6 Å². The van der Waals surface area contributed by atoms with Crippen LogP contribution in [0.5, 0.6) is 0 Å². The van der Waals surface area contributed by atoms with Crippen molar-refractivity contribution in [2.45, 2.75) is 5.33 Å². The van der Waals surface area contributed by atoms with E-state index in [-0.39, 0.29) is 0 Å². The molecule has 0 amide bonds. The molecule has 0 saturated carbocycles. The topological polar surface area (TPSA) is 26.0 Å². The van der Waals surface area contributed by atoms with Crippen LogP contribution in [-0.4, -0.2) is 0 Å². The smallest absolute Gasteiger partial charge is 0.0586 e. The molecule has 0 aliphatic rings. The summed E-state index contributed by atoms with van der Waals surface area (Å²) in [4.78, 5) is 0. The monoisotopic (exact) mass is 367 g/mol. The summed E-state index contributed by atoms with van der Waals surface area (Å²) in [6, 6.07) is 4.06. The molecule has 1 heterocycles. The largest absolute Gasteiger partial charge is 0.398 e. The minimum atomic E-state index is 0.882. The first-order valence-corrected chi connectivity index (χ1v) is 6.82. The highest BCUT2D eigenvalue weighted by molar-refractivity contribution is 14.1. The molecule has 1 aromatic heterocycles. The SMILES string of the molecule is Nc1ccc(CBr)c2c(I)csc12. The van der Waals surface area contributed by atoms with Gasteiger partial charge in [-0.25, -0.2) is 0 Å². The Balaban J connectivity index is 2.88. The maximum atomic E-state index is 5.88. The van der Waals surface area contributed by atoms with Gasteiger partial charge in [-0.2, -0.15) is 0 Å². The Labute approximate surface area is 103 Å². The summed E-state index contributed by atoms with van der Waals surface area (Å²) in [6.45, 7) is 0. The molecule has 13 heavy (non-hydrogen) atoms. The summed E-state index contributed by atoms with van der Waals surface area (Å²) < 4.78 is 2.50. The van der Waals surface area contributed by atoms with E-state index in [2.05, 4.69) is 50.0 Å². The first-order valence-electron chi connectivity index (χ1n) is 3.74. The van der Waals surface area contributed by atoms with Gasteiger partial charge in [-0.1, -0.05) is 22.0 Å². The van der Waals surface area contributed by atoms with Crippen molar-refractivity contribution in [2.75, 3.05) is 5.73 Å². The first kappa shape index (κ1) is 9.73. The fraction of sp³-hybridized carbons (Fsp3) is 0.111. The molecule has 0 aliphatic carbocycles. The number of hydrogen-bond donors (Lipinski definition) is 1. The average molecular weight is 368 g/mol. The lowest BCUT2D eigenvalue weighted by molar-refractivity contribution is 1.50. The van der Waals surface area contributed by atoms with Crippen molar-refractivity contribution in [1.82, 2.24) is 0 Å². The highest BCUT2D eigenvalue weighted by Crippen LogP contribution is 2.35. The van der Waals surface area contributed by atoms with E-state index in [4.69, 9.17) is 5.73 Å². The predicted molar refractivity (Wildman–Crippen MR) is 71.6 cm³/mol. The second-order valence-electron chi connectivity index (χ2n) is 2.74. The maximum absolute atomic E-state index is 5.88. The number of nitrogen functional groups attached to an aromatic ring is 1. The zero-order valence-corrected chi connectivity index (χ0v) is 11.2. The van der Waals surface area contributed by atoms with Gasteiger partial charge in [0.05, 0.1) is 4.70 Å². The molecule has 1 aromatic carbocycles. The Bertz CT molecular complexity index is 452. The predicted octanol–water partition coefficient (Wildman–Crippen LogP) is 3.98. The normalized spacial score (nSPS) is 10.9. The van der Waals surface area contributed by atoms with Crippen LogP contribution in [0.2, 0.25) is 0 Å². The van der Waals surface area contributed by atoms with E-state index in [0.717, 1.165) is 11.0 Å². The highest BCUT2D eigenvalue weighted by Gasteiger charge is 2.08. The van der Waals surface area contributed by atoms with E-state index < -0.39 is 0 Å². The lowest BCUT2D eigenvalue weighted by Gasteiger charge is -2.01. The van der Waals surface area contributed by atoms with Crippen LogP contribution >= 0.6 is 49.9 Å². The van der Waals surface area contributed by atoms with Gasteiger partial charge in [-0.15, -0.1) is 11.3 Å². The molecule has 0 unspecified atom stereocenters. The van der Waals surface area contributed by atoms with Crippen LogP contribution < -0.4 is 5.73 Å². The van der Waals surface area contributed by atoms with Gasteiger partial charge in [0.15, 0.2) is 0 Å². The summed E-state index contributed by atoms with van der Waals surface area (Å²) in [5.74, 6) is 0. The van der Waals surface area contributed by atoms with Crippen molar-refractivity contribution >= 4 is 65.6 Å². The zero-order valence-electron chi connectivity index (χ0n) is 6.68. The lowest BCUT2D eigenvalue weighted by Crippen LogP contribution is -1.87. The summed E-state index contributed by atoms with van der Waals surface area (Å²) in [5.41, 5.74) is 8.08. The lowest BCUT2D eigenvalue weighted by atomic mass is 10.1. The van der Waals surface area contributed by atoms with Crippen molar-refractivity contribution in [2.24, 2.45) is 0 Å². The Morgan fingerprint density at radius 2 is 2.23 bits per heavy atom. The van der Waals surface area contributed by atoms with E-state index in [1.165, 1.54) is 19.2 Å². The van der Waals surface area contributed by atoms with E-state index >= 15 is 0 Å². The third-order valence-electron chi connectivity index (χ3n) is 1.94. The molecule has 1 nitrogen and oxygen atoms in total. The van der Waals surface area contributed by atoms with Gasteiger partial charge in [-0.3, -0.25) is 0 Å². The summed E-state index contributed by atoms with van der Waals surface area (Å²) in [7, 11) is 0. The van der Waals surface area contributed by atoms with Crippen LogP contribution in [-0.2, 0) is 5.33 Å². The van der Waals surface area contributed by atoms with Crippen molar-refractivity contribution < 1.29 is 0 Å². The maximum Gasteiger partial charge on any atom is 0.0586 e. The van der Waals surface area contributed by atoms with Gasteiger partial charge in [0.2, 0.25) is 0 Å². The second-order valence-corrected chi connectivity index (χ2v) is 5.34. The van der Waals surface area contributed by atoms with Crippen LogP contribution in [0.25, 0.3) is 10.1 Å². The molecule has 2 aromatic rings. The van der Waals surface area contributed by atoms with Gasteiger partial charge in [-0.05, 0) is 34.2 Å². The van der Waals surface area contributed by atoms with E-state index in [9.17, 15) is 0 Å². The summed E-state index contributed by atoms with van der Waals surface area (Å²) in [5, 5.41) is 4.34. The second kappa shape index (κ2) is 3.74. The minimum absolute atomic E-state index is 0.882. The van der Waals surface area contributed by atoms with Gasteiger partial charge in [0.1, 0.15) is 0 Å². The molecule has 0 saturated heterocycles. The van der Waals surface area contributed by atoms with E-state index in [1.807, 2.05) is 6.07 Å². The first-order chi connectivity index (χ1) is 6.24. The van der Waals surface area contributed by atoms with Crippen LogP contribution in [0.3, 0.4) is 0 Å². The molecule has 0 radical (unpaired) electrons. The standard InChI is InChI=1S/C9H7BrINS/c10-3-5-1-2-7(12)9-8(5)6(11)4-13-9/h1-2,4H,3,12H2. The Hall–Kier alpha value is 0.190. The number of alkyl halides is 1. The number of halogens is 2. The fourth-order valence-electron chi connectivity index (χ4n) is 1.31. The molecular formula is C9H7BrINS. The number of thiophene rings is 1. The number of rotatable bonds is 1. The van der Waals surface area contributed by atoms with E-state index in [1.54, 1.807) is 11.3 Å². The van der Waals surface area contributed by atoms with Crippen LogP contribution in [0.1, 0.15) is 5.56 Å². The molecule has 2 rings (SSSR count). The highest BCUT2D eigenvalue weighted by atomic mass is 127. The van der Waals surface area contributed by atoms with E-state index in [0.29, 0.717) is 0 Å². The average Bonchev–Trinajstić information content (AvgIpc) is 2.51. The third kappa shape index (κ3) is 1.59. The minimum Gasteiger partial charge on any atom is -0.398 e. The number of benzene rings is 1. The molecule has 0 bridgehead atoms. The fourth-order valence-corrected chi connectivity index (χ4v) is 3.86. The van der Waals surface area contributed by atoms with Gasteiger partial charge in [0.25, 0.3) is 0 Å².